The number of nitrogens with zero attached hydrogens (tertiary/aromatic N) is 2. The molecule has 0 spiro atoms. The lowest BCUT2D eigenvalue weighted by molar-refractivity contribution is -0.137. The molecule has 0 unspecified atom stereocenters. The second kappa shape index (κ2) is 4.99. The highest BCUT2D eigenvalue weighted by Gasteiger charge is 2.38. The van der Waals surface area contributed by atoms with Gasteiger partial charge >= 0.3 is 5.97 Å². The Morgan fingerprint density at radius 2 is 2.09 bits per heavy atom. The number of fused-ring (bicyclic) bond motifs is 5. The number of ether oxygens (including phenoxy) is 1. The van der Waals surface area contributed by atoms with Crippen molar-refractivity contribution in [2.24, 2.45) is 7.05 Å². The van der Waals surface area contributed by atoms with Crippen molar-refractivity contribution in [1.82, 2.24) is 9.47 Å². The van der Waals surface area contributed by atoms with Gasteiger partial charge < -0.3 is 9.30 Å². The van der Waals surface area contributed by atoms with Gasteiger partial charge in [-0.05, 0) is 24.5 Å². The molecule has 2 aromatic rings. The van der Waals surface area contributed by atoms with Gasteiger partial charge in [0.15, 0.2) is 0 Å². The third kappa shape index (κ3) is 1.77. The van der Waals surface area contributed by atoms with Crippen LogP contribution in [-0.2, 0) is 23.0 Å². The third-order valence-electron chi connectivity index (χ3n) is 5.03. The van der Waals surface area contributed by atoms with E-state index in [-0.39, 0.29) is 12.0 Å². The Kier molecular flexibility index (Phi) is 3.08. The minimum atomic E-state index is -0.201. The molecule has 0 amide bonds. The average molecular weight is 296 g/mol. The number of hydrogen-bond donors (Lipinski definition) is 0. The highest BCUT2D eigenvalue weighted by Crippen LogP contribution is 2.42. The zero-order valence-electron chi connectivity index (χ0n) is 13.0. The lowest BCUT2D eigenvalue weighted by Crippen LogP contribution is -2.41. The average Bonchev–Trinajstić information content (AvgIpc) is 2.87. The molecule has 4 rings (SSSR count). The topological polar surface area (TPSA) is 34.5 Å². The Balaban J connectivity index is 1.95. The van der Waals surface area contributed by atoms with E-state index in [9.17, 15) is 4.79 Å². The number of esters is 1. The van der Waals surface area contributed by atoms with Crippen molar-refractivity contribution in [3.05, 3.63) is 47.2 Å². The molecule has 3 heterocycles. The second-order valence-electron chi connectivity index (χ2n) is 6.07. The van der Waals surface area contributed by atoms with Crippen LogP contribution < -0.4 is 0 Å². The summed E-state index contributed by atoms with van der Waals surface area (Å²) in [5.74, 6) is -0.201. The molecule has 0 bridgehead atoms. The summed E-state index contributed by atoms with van der Waals surface area (Å²) in [6.45, 7) is 2.01. The van der Waals surface area contributed by atoms with Crippen molar-refractivity contribution in [2.75, 3.05) is 20.2 Å². The summed E-state index contributed by atoms with van der Waals surface area (Å²) >= 11 is 0. The maximum atomic E-state index is 12.2. The van der Waals surface area contributed by atoms with Crippen LogP contribution in [0.4, 0.5) is 0 Å². The van der Waals surface area contributed by atoms with E-state index in [0.717, 1.165) is 31.5 Å². The van der Waals surface area contributed by atoms with E-state index in [1.165, 1.54) is 29.3 Å². The van der Waals surface area contributed by atoms with Crippen LogP contribution in [0.1, 0.15) is 23.7 Å². The first-order valence-corrected chi connectivity index (χ1v) is 7.81. The molecule has 1 aromatic heterocycles. The van der Waals surface area contributed by atoms with Crippen LogP contribution in [0, 0.1) is 0 Å². The van der Waals surface area contributed by atoms with Crippen molar-refractivity contribution in [2.45, 2.75) is 18.9 Å². The molecule has 4 heteroatoms. The normalized spacial score (nSPS) is 21.2. The van der Waals surface area contributed by atoms with Crippen LogP contribution >= 0.6 is 0 Å². The first-order chi connectivity index (χ1) is 10.7. The predicted octanol–water partition coefficient (Wildman–Crippen LogP) is 2.58. The van der Waals surface area contributed by atoms with Gasteiger partial charge in [0, 0.05) is 36.7 Å². The first kappa shape index (κ1) is 13.6. The number of rotatable bonds is 1. The van der Waals surface area contributed by atoms with E-state index < -0.39 is 0 Å². The van der Waals surface area contributed by atoms with Gasteiger partial charge in [-0.15, -0.1) is 0 Å². The Labute approximate surface area is 130 Å². The zero-order valence-corrected chi connectivity index (χ0v) is 13.0. The maximum Gasteiger partial charge on any atom is 0.335 e. The molecule has 0 fully saturated rings. The second-order valence-corrected chi connectivity index (χ2v) is 6.07. The maximum absolute atomic E-state index is 12.2. The minimum Gasteiger partial charge on any atom is -0.466 e. The van der Waals surface area contributed by atoms with Gasteiger partial charge in [-0.2, -0.15) is 0 Å². The molecule has 0 saturated carbocycles. The van der Waals surface area contributed by atoms with Gasteiger partial charge in [-0.25, -0.2) is 4.79 Å². The number of hydrogen-bond acceptors (Lipinski definition) is 3. The van der Waals surface area contributed by atoms with Gasteiger partial charge in [-0.3, -0.25) is 4.90 Å². The minimum absolute atomic E-state index is 0.0300. The van der Waals surface area contributed by atoms with Gasteiger partial charge in [0.05, 0.1) is 18.7 Å². The molecule has 2 aliphatic rings. The van der Waals surface area contributed by atoms with E-state index in [1.54, 1.807) is 0 Å². The van der Waals surface area contributed by atoms with E-state index >= 15 is 0 Å². The van der Waals surface area contributed by atoms with Crippen LogP contribution in [0.15, 0.2) is 35.9 Å². The van der Waals surface area contributed by atoms with Gasteiger partial charge in [0.2, 0.25) is 0 Å². The number of carbonyl (C=O) groups is 1. The van der Waals surface area contributed by atoms with Crippen molar-refractivity contribution in [3.63, 3.8) is 0 Å². The van der Waals surface area contributed by atoms with Crippen molar-refractivity contribution in [1.29, 1.82) is 0 Å². The van der Waals surface area contributed by atoms with Crippen LogP contribution in [0.2, 0.25) is 0 Å². The summed E-state index contributed by atoms with van der Waals surface area (Å²) in [5.41, 5.74) is 4.67. The van der Waals surface area contributed by atoms with Gasteiger partial charge in [-0.1, -0.05) is 24.3 Å². The Morgan fingerprint density at radius 1 is 1.27 bits per heavy atom. The highest BCUT2D eigenvalue weighted by molar-refractivity contribution is 5.92. The van der Waals surface area contributed by atoms with Gasteiger partial charge in [0.1, 0.15) is 0 Å². The number of methoxy groups -OCH3 is 1. The molecule has 114 valence electrons. The fourth-order valence-corrected chi connectivity index (χ4v) is 4.06. The summed E-state index contributed by atoms with van der Waals surface area (Å²) in [6.07, 6.45) is 4.02. The standard InChI is InChI=1S/C18H20N2O2/c1-19-15-8-4-3-6-12(15)13-9-11-20-10-5-7-14(18(21)22-2)17(20)16(13)19/h3-4,6-8,17H,5,9-11H2,1-2H3/t17-/m0/s1. The lowest BCUT2D eigenvalue weighted by Gasteiger charge is -2.39. The number of aromatic nitrogens is 1. The molecule has 0 aliphatic carbocycles. The van der Waals surface area contributed by atoms with E-state index in [1.807, 2.05) is 0 Å². The SMILES string of the molecule is COC(=O)C1=CCCN2CCc3c(n(C)c4ccccc34)[C@H]12. The molecule has 1 aromatic carbocycles. The summed E-state index contributed by atoms with van der Waals surface area (Å²) in [6, 6.07) is 8.54. The van der Waals surface area contributed by atoms with Crippen molar-refractivity contribution >= 4 is 16.9 Å². The smallest absolute Gasteiger partial charge is 0.335 e. The van der Waals surface area contributed by atoms with E-state index in [4.69, 9.17) is 4.74 Å². The Bertz CT molecular complexity index is 788. The van der Waals surface area contributed by atoms with Crippen LogP contribution in [0.5, 0.6) is 0 Å². The lowest BCUT2D eigenvalue weighted by atomic mass is 9.89. The van der Waals surface area contributed by atoms with Crippen molar-refractivity contribution < 1.29 is 9.53 Å². The predicted molar refractivity (Wildman–Crippen MR) is 85.7 cm³/mol. The largest absolute Gasteiger partial charge is 0.466 e. The number of para-hydroxylation sites is 1. The van der Waals surface area contributed by atoms with Crippen molar-refractivity contribution in [3.8, 4) is 0 Å². The Morgan fingerprint density at radius 3 is 2.91 bits per heavy atom. The Hall–Kier alpha value is -2.07. The van der Waals surface area contributed by atoms with Gasteiger partial charge in [0.25, 0.3) is 0 Å². The molecule has 0 N–H and O–H groups in total. The molecule has 2 aliphatic heterocycles. The highest BCUT2D eigenvalue weighted by atomic mass is 16.5. The van der Waals surface area contributed by atoms with E-state index in [0.29, 0.717) is 0 Å². The summed E-state index contributed by atoms with van der Waals surface area (Å²) < 4.78 is 7.28. The van der Waals surface area contributed by atoms with Crippen LogP contribution in [0.25, 0.3) is 10.9 Å². The molecule has 22 heavy (non-hydrogen) atoms. The fourth-order valence-electron chi connectivity index (χ4n) is 4.06. The zero-order chi connectivity index (χ0) is 15.3. The monoisotopic (exact) mass is 296 g/mol. The number of benzene rings is 1. The number of aryl methyl sites for hydroxylation is 1. The van der Waals surface area contributed by atoms with E-state index in [2.05, 4.69) is 46.9 Å². The van der Waals surface area contributed by atoms with Crippen LogP contribution in [0.3, 0.4) is 0 Å². The molecule has 0 saturated heterocycles. The number of carbonyl (C=O) groups excluding carboxylic acids is 1. The third-order valence-corrected chi connectivity index (χ3v) is 5.03. The summed E-state index contributed by atoms with van der Waals surface area (Å²) in [7, 11) is 3.57. The summed E-state index contributed by atoms with van der Waals surface area (Å²) in [4.78, 5) is 14.6. The molecular weight excluding hydrogens is 276 g/mol. The molecular formula is C18H20N2O2. The molecule has 1 atom stereocenters. The van der Waals surface area contributed by atoms with Crippen LogP contribution in [-0.4, -0.2) is 35.6 Å². The molecule has 4 nitrogen and oxygen atoms in total. The molecule has 0 radical (unpaired) electrons. The quantitative estimate of drug-likeness (QED) is 0.759. The first-order valence-electron chi connectivity index (χ1n) is 7.81. The fraction of sp³-hybridized carbons (Fsp3) is 0.389. The summed E-state index contributed by atoms with van der Waals surface area (Å²) in [5, 5.41) is 1.31.